The first kappa shape index (κ1) is 14.5. The summed E-state index contributed by atoms with van der Waals surface area (Å²) in [6, 6.07) is 3.93. The van der Waals surface area contributed by atoms with Crippen LogP contribution in [0.5, 0.6) is 5.75 Å². The number of nitrogens with zero attached hydrogens (tertiary/aromatic N) is 1. The molecule has 0 aliphatic carbocycles. The third kappa shape index (κ3) is 4.32. The van der Waals surface area contributed by atoms with Gasteiger partial charge < -0.3 is 10.0 Å². The molecule has 0 spiro atoms. The summed E-state index contributed by atoms with van der Waals surface area (Å²) in [6.45, 7) is 8.23. The van der Waals surface area contributed by atoms with Gasteiger partial charge in [-0.1, -0.05) is 36.2 Å². The van der Waals surface area contributed by atoms with Gasteiger partial charge in [0.1, 0.15) is 5.75 Å². The highest BCUT2D eigenvalue weighted by molar-refractivity contribution is 9.10. The molecule has 1 unspecified atom stereocenters. The summed E-state index contributed by atoms with van der Waals surface area (Å²) in [6.07, 6.45) is 1.19. The van der Waals surface area contributed by atoms with Crippen LogP contribution in [0.3, 0.4) is 0 Å². The van der Waals surface area contributed by atoms with Crippen LogP contribution in [0.15, 0.2) is 16.6 Å². The molecular weight excluding hydrogens is 278 g/mol. The summed E-state index contributed by atoms with van der Waals surface area (Å²) >= 11 is 3.47. The predicted octanol–water partition coefficient (Wildman–Crippen LogP) is 3.94. The van der Waals surface area contributed by atoms with Crippen LogP contribution in [-0.2, 0) is 6.54 Å². The Kier molecular flexibility index (Phi) is 5.47. The zero-order valence-electron chi connectivity index (χ0n) is 11.1. The van der Waals surface area contributed by atoms with E-state index in [-0.39, 0.29) is 0 Å². The first-order valence-corrected chi connectivity index (χ1v) is 6.89. The average molecular weight is 300 g/mol. The molecule has 0 radical (unpaired) electrons. The second-order valence-corrected chi connectivity index (χ2v) is 5.86. The lowest BCUT2D eigenvalue weighted by atomic mass is 10.1. The van der Waals surface area contributed by atoms with E-state index in [0.717, 1.165) is 28.7 Å². The van der Waals surface area contributed by atoms with Gasteiger partial charge in [0.25, 0.3) is 0 Å². The van der Waals surface area contributed by atoms with Gasteiger partial charge in [-0.2, -0.15) is 0 Å². The topological polar surface area (TPSA) is 23.5 Å². The minimum Gasteiger partial charge on any atom is -0.507 e. The minimum atomic E-state index is 0.421. The van der Waals surface area contributed by atoms with E-state index in [0.29, 0.717) is 11.7 Å². The van der Waals surface area contributed by atoms with E-state index >= 15 is 0 Å². The van der Waals surface area contributed by atoms with Crippen molar-refractivity contribution in [2.45, 2.75) is 33.7 Å². The Morgan fingerprint density at radius 3 is 2.65 bits per heavy atom. The van der Waals surface area contributed by atoms with Gasteiger partial charge in [-0.3, -0.25) is 0 Å². The van der Waals surface area contributed by atoms with Crippen LogP contribution >= 0.6 is 15.9 Å². The molecule has 1 atom stereocenters. The summed E-state index contributed by atoms with van der Waals surface area (Å²) < 4.78 is 1.03. The van der Waals surface area contributed by atoms with Gasteiger partial charge >= 0.3 is 0 Å². The Bertz CT molecular complexity index is 379. The van der Waals surface area contributed by atoms with Gasteiger partial charge in [-0.05, 0) is 37.6 Å². The summed E-state index contributed by atoms with van der Waals surface area (Å²) in [7, 11) is 2.10. The number of benzene rings is 1. The highest BCUT2D eigenvalue weighted by atomic mass is 79.9. The molecule has 0 heterocycles. The highest BCUT2D eigenvalue weighted by Gasteiger charge is 2.10. The molecule has 1 aromatic carbocycles. The molecule has 3 heteroatoms. The molecule has 0 fully saturated rings. The standard InChI is InChI=1S/C14H22BrNO/c1-5-10(2)8-16(4)9-12-7-13(15)6-11(3)14(12)17/h6-7,10,17H,5,8-9H2,1-4H3. The van der Waals surface area contributed by atoms with Gasteiger partial charge in [0, 0.05) is 23.1 Å². The second kappa shape index (κ2) is 6.41. The maximum absolute atomic E-state index is 10.0. The molecule has 2 nitrogen and oxygen atoms in total. The maximum Gasteiger partial charge on any atom is 0.123 e. The Labute approximate surface area is 113 Å². The van der Waals surface area contributed by atoms with Crippen LogP contribution in [0.4, 0.5) is 0 Å². The normalized spacial score (nSPS) is 13.1. The van der Waals surface area contributed by atoms with Crippen molar-refractivity contribution in [3.05, 3.63) is 27.7 Å². The first-order valence-electron chi connectivity index (χ1n) is 6.10. The summed E-state index contributed by atoms with van der Waals surface area (Å²) in [5.74, 6) is 1.11. The minimum absolute atomic E-state index is 0.421. The molecule has 0 saturated heterocycles. The number of rotatable bonds is 5. The lowest BCUT2D eigenvalue weighted by molar-refractivity contribution is 0.271. The summed E-state index contributed by atoms with van der Waals surface area (Å²) in [4.78, 5) is 2.26. The van der Waals surface area contributed by atoms with E-state index in [1.807, 2.05) is 19.1 Å². The molecule has 1 rings (SSSR count). The van der Waals surface area contributed by atoms with E-state index in [1.165, 1.54) is 6.42 Å². The molecule has 0 saturated carbocycles. The van der Waals surface area contributed by atoms with Gasteiger partial charge in [0.05, 0.1) is 0 Å². The van der Waals surface area contributed by atoms with Crippen molar-refractivity contribution < 1.29 is 5.11 Å². The van der Waals surface area contributed by atoms with Crippen molar-refractivity contribution in [2.75, 3.05) is 13.6 Å². The summed E-state index contributed by atoms with van der Waals surface area (Å²) in [5, 5.41) is 10.0. The zero-order valence-corrected chi connectivity index (χ0v) is 12.7. The number of hydrogen-bond donors (Lipinski definition) is 1. The Balaban J connectivity index is 2.74. The average Bonchev–Trinajstić information content (AvgIpc) is 2.24. The molecule has 0 bridgehead atoms. The Morgan fingerprint density at radius 1 is 1.41 bits per heavy atom. The van der Waals surface area contributed by atoms with Crippen molar-refractivity contribution >= 4 is 15.9 Å². The van der Waals surface area contributed by atoms with Gasteiger partial charge in [0.15, 0.2) is 0 Å². The van der Waals surface area contributed by atoms with E-state index in [9.17, 15) is 5.11 Å². The molecule has 0 amide bonds. The Morgan fingerprint density at radius 2 is 2.06 bits per heavy atom. The molecule has 0 aliphatic heterocycles. The van der Waals surface area contributed by atoms with Crippen LogP contribution in [0.1, 0.15) is 31.4 Å². The molecule has 0 aliphatic rings. The first-order chi connectivity index (χ1) is 7.93. The van der Waals surface area contributed by atoms with E-state index < -0.39 is 0 Å². The van der Waals surface area contributed by atoms with E-state index in [4.69, 9.17) is 0 Å². The second-order valence-electron chi connectivity index (χ2n) is 4.94. The van der Waals surface area contributed by atoms with Crippen LogP contribution in [0.2, 0.25) is 0 Å². The number of halogens is 1. The molecule has 1 N–H and O–H groups in total. The van der Waals surface area contributed by atoms with E-state index in [1.54, 1.807) is 0 Å². The van der Waals surface area contributed by atoms with Crippen molar-refractivity contribution in [3.8, 4) is 5.75 Å². The molecule has 96 valence electrons. The number of aromatic hydroxyl groups is 1. The zero-order chi connectivity index (χ0) is 13.0. The van der Waals surface area contributed by atoms with Gasteiger partial charge in [0.2, 0.25) is 0 Å². The fourth-order valence-electron chi connectivity index (χ4n) is 1.94. The van der Waals surface area contributed by atoms with Crippen molar-refractivity contribution in [3.63, 3.8) is 0 Å². The maximum atomic E-state index is 10.0. The highest BCUT2D eigenvalue weighted by Crippen LogP contribution is 2.27. The van der Waals surface area contributed by atoms with Crippen LogP contribution in [0, 0.1) is 12.8 Å². The fraction of sp³-hybridized carbons (Fsp3) is 0.571. The lowest BCUT2D eigenvalue weighted by Crippen LogP contribution is -2.23. The van der Waals surface area contributed by atoms with Crippen molar-refractivity contribution in [2.24, 2.45) is 5.92 Å². The molecular formula is C14H22BrNO. The quantitative estimate of drug-likeness (QED) is 0.890. The van der Waals surface area contributed by atoms with Crippen molar-refractivity contribution in [1.82, 2.24) is 4.90 Å². The number of phenolic OH excluding ortho intramolecular Hbond substituents is 1. The molecule has 1 aromatic rings. The smallest absolute Gasteiger partial charge is 0.123 e. The van der Waals surface area contributed by atoms with Gasteiger partial charge in [-0.15, -0.1) is 0 Å². The SMILES string of the molecule is CCC(C)CN(C)Cc1cc(Br)cc(C)c1O. The number of phenols is 1. The number of aryl methyl sites for hydroxylation is 1. The largest absolute Gasteiger partial charge is 0.507 e. The predicted molar refractivity (Wildman–Crippen MR) is 76.3 cm³/mol. The van der Waals surface area contributed by atoms with Crippen molar-refractivity contribution in [1.29, 1.82) is 0 Å². The van der Waals surface area contributed by atoms with Crippen LogP contribution in [-0.4, -0.2) is 23.6 Å². The van der Waals surface area contributed by atoms with E-state index in [2.05, 4.69) is 41.7 Å². The summed E-state index contributed by atoms with van der Waals surface area (Å²) in [5.41, 5.74) is 1.91. The van der Waals surface area contributed by atoms with Crippen LogP contribution < -0.4 is 0 Å². The third-order valence-corrected chi connectivity index (χ3v) is 3.56. The molecule has 0 aromatic heterocycles. The Hall–Kier alpha value is -0.540. The number of hydrogen-bond acceptors (Lipinski definition) is 2. The molecule has 17 heavy (non-hydrogen) atoms. The fourth-order valence-corrected chi connectivity index (χ4v) is 2.56. The lowest BCUT2D eigenvalue weighted by Gasteiger charge is -2.21. The monoisotopic (exact) mass is 299 g/mol. The van der Waals surface area contributed by atoms with Crippen LogP contribution in [0.25, 0.3) is 0 Å². The third-order valence-electron chi connectivity index (χ3n) is 3.10. The van der Waals surface area contributed by atoms with Gasteiger partial charge in [-0.25, -0.2) is 0 Å².